The molecule has 0 radical (unpaired) electrons. The van der Waals surface area contributed by atoms with Crippen molar-refractivity contribution in [3.63, 3.8) is 0 Å². The van der Waals surface area contributed by atoms with Crippen LogP contribution in [0.2, 0.25) is 0 Å². The number of carbonyl (C=O) groups is 2. The van der Waals surface area contributed by atoms with E-state index >= 15 is 0 Å². The van der Waals surface area contributed by atoms with Crippen molar-refractivity contribution in [3.8, 4) is 0 Å². The zero-order chi connectivity index (χ0) is 24.3. The van der Waals surface area contributed by atoms with E-state index in [0.717, 1.165) is 21.1 Å². The fourth-order valence-corrected chi connectivity index (χ4v) is 5.98. The Morgan fingerprint density at radius 1 is 1.06 bits per heavy atom. The van der Waals surface area contributed by atoms with Gasteiger partial charge in [-0.2, -0.15) is 18.3 Å². The summed E-state index contributed by atoms with van der Waals surface area (Å²) in [6, 6.07) is 9.24. The summed E-state index contributed by atoms with van der Waals surface area (Å²) in [5.74, 6) is -0.982. The molecule has 7 nitrogen and oxygen atoms in total. The number of rotatable bonds is 4. The zero-order valence-electron chi connectivity index (χ0n) is 18.4. The molecule has 0 spiro atoms. The summed E-state index contributed by atoms with van der Waals surface area (Å²) in [5, 5.41) is 9.86. The minimum Gasteiger partial charge on any atom is -0.360 e. The maximum Gasteiger partial charge on any atom is 0.401 e. The number of imide groups is 1. The SMILES string of the molecule is O=C1NC(=O)C(c2c[nH]c3ccsc23)=C1c1nn(C2CCN(CC(F)(F)F)CC2)c2ccccc12. The van der Waals surface area contributed by atoms with Crippen molar-refractivity contribution in [2.24, 2.45) is 0 Å². The summed E-state index contributed by atoms with van der Waals surface area (Å²) in [4.78, 5) is 30.5. The van der Waals surface area contributed by atoms with Crippen molar-refractivity contribution in [2.45, 2.75) is 25.1 Å². The molecule has 0 saturated carbocycles. The molecule has 2 N–H and O–H groups in total. The topological polar surface area (TPSA) is 83.0 Å². The van der Waals surface area contributed by atoms with Crippen molar-refractivity contribution >= 4 is 55.4 Å². The molecular formula is C24H20F3N5O2S. The molecule has 4 aromatic rings. The van der Waals surface area contributed by atoms with E-state index in [1.807, 2.05) is 40.4 Å². The quantitative estimate of drug-likeness (QED) is 0.409. The molecule has 2 amide bonds. The second kappa shape index (κ2) is 8.06. The maximum absolute atomic E-state index is 13.0. The molecule has 0 aliphatic carbocycles. The van der Waals surface area contributed by atoms with Gasteiger partial charge in [-0.25, -0.2) is 0 Å². The summed E-state index contributed by atoms with van der Waals surface area (Å²) < 4.78 is 41.1. The number of thiophene rings is 1. The number of hydrogen-bond donors (Lipinski definition) is 2. The molecule has 0 bridgehead atoms. The molecule has 11 heteroatoms. The van der Waals surface area contributed by atoms with Gasteiger partial charge in [-0.3, -0.25) is 24.5 Å². The highest BCUT2D eigenvalue weighted by atomic mass is 32.1. The second-order valence-electron chi connectivity index (χ2n) is 8.83. The van der Waals surface area contributed by atoms with E-state index < -0.39 is 24.5 Å². The molecule has 180 valence electrons. The number of benzene rings is 1. The van der Waals surface area contributed by atoms with Gasteiger partial charge in [0.2, 0.25) is 0 Å². The molecule has 1 fully saturated rings. The van der Waals surface area contributed by atoms with Crippen LogP contribution in [-0.4, -0.2) is 57.3 Å². The van der Waals surface area contributed by atoms with Crippen LogP contribution in [0.15, 0.2) is 41.9 Å². The minimum atomic E-state index is -4.23. The predicted octanol–water partition coefficient (Wildman–Crippen LogP) is 4.35. The van der Waals surface area contributed by atoms with E-state index in [9.17, 15) is 22.8 Å². The highest BCUT2D eigenvalue weighted by Gasteiger charge is 2.37. The van der Waals surface area contributed by atoms with Crippen LogP contribution in [0.3, 0.4) is 0 Å². The van der Waals surface area contributed by atoms with E-state index in [-0.39, 0.29) is 17.2 Å². The number of hydrogen-bond acceptors (Lipinski definition) is 5. The van der Waals surface area contributed by atoms with Crippen molar-refractivity contribution in [1.29, 1.82) is 0 Å². The van der Waals surface area contributed by atoms with Gasteiger partial charge in [0, 0.05) is 30.2 Å². The second-order valence-corrected chi connectivity index (χ2v) is 9.75. The van der Waals surface area contributed by atoms with Crippen molar-refractivity contribution in [2.75, 3.05) is 19.6 Å². The van der Waals surface area contributed by atoms with Gasteiger partial charge in [0.05, 0.1) is 39.5 Å². The number of aromatic amines is 1. The molecule has 0 unspecified atom stereocenters. The zero-order valence-corrected chi connectivity index (χ0v) is 19.2. The first-order valence-corrected chi connectivity index (χ1v) is 12.1. The predicted molar refractivity (Wildman–Crippen MR) is 127 cm³/mol. The molecule has 6 rings (SSSR count). The van der Waals surface area contributed by atoms with Gasteiger partial charge >= 0.3 is 6.18 Å². The van der Waals surface area contributed by atoms with Gasteiger partial charge < -0.3 is 4.98 Å². The highest BCUT2D eigenvalue weighted by Crippen LogP contribution is 2.39. The molecule has 1 aromatic carbocycles. The number of alkyl halides is 3. The number of piperidine rings is 1. The molecule has 2 aliphatic rings. The Morgan fingerprint density at radius 3 is 2.57 bits per heavy atom. The van der Waals surface area contributed by atoms with Gasteiger partial charge in [-0.15, -0.1) is 11.3 Å². The van der Waals surface area contributed by atoms with Gasteiger partial charge in [-0.05, 0) is 30.4 Å². The average molecular weight is 500 g/mol. The van der Waals surface area contributed by atoms with Crippen LogP contribution in [0, 0.1) is 0 Å². The number of carbonyl (C=O) groups excluding carboxylic acids is 2. The van der Waals surface area contributed by atoms with Crippen molar-refractivity contribution in [3.05, 3.63) is 53.2 Å². The van der Waals surface area contributed by atoms with Gasteiger partial charge in [0.1, 0.15) is 5.69 Å². The number of nitrogens with zero attached hydrogens (tertiary/aromatic N) is 3. The number of halogens is 3. The van der Waals surface area contributed by atoms with Crippen LogP contribution >= 0.6 is 11.3 Å². The Kier molecular flexibility index (Phi) is 5.08. The van der Waals surface area contributed by atoms with Crippen LogP contribution in [0.5, 0.6) is 0 Å². The summed E-state index contributed by atoms with van der Waals surface area (Å²) in [5.41, 5.74) is 3.21. The first-order chi connectivity index (χ1) is 16.8. The lowest BCUT2D eigenvalue weighted by Gasteiger charge is -2.32. The van der Waals surface area contributed by atoms with Crippen LogP contribution in [0.25, 0.3) is 32.3 Å². The summed E-state index contributed by atoms with van der Waals surface area (Å²) >= 11 is 1.48. The number of H-pyrrole nitrogens is 1. The smallest absolute Gasteiger partial charge is 0.360 e. The standard InChI is InChI=1S/C24H20F3N5O2S/c25-24(26,27)12-31-8-5-13(6-9-31)32-17-4-2-1-3-14(17)20(30-32)19-18(22(33)29-23(19)34)15-11-28-16-7-10-35-21(15)16/h1-4,7,10-11,13,28H,5-6,8-9,12H2,(H,29,33,34). The van der Waals surface area contributed by atoms with Crippen LogP contribution in [0.4, 0.5) is 13.2 Å². The Morgan fingerprint density at radius 2 is 1.80 bits per heavy atom. The summed E-state index contributed by atoms with van der Waals surface area (Å²) in [6.45, 7) is -0.308. The molecule has 35 heavy (non-hydrogen) atoms. The highest BCUT2D eigenvalue weighted by molar-refractivity contribution is 7.17. The van der Waals surface area contributed by atoms with E-state index in [4.69, 9.17) is 5.10 Å². The van der Waals surface area contributed by atoms with Crippen LogP contribution in [-0.2, 0) is 9.59 Å². The number of fused-ring (bicyclic) bond motifs is 2. The van der Waals surface area contributed by atoms with E-state index in [2.05, 4.69) is 10.3 Å². The lowest BCUT2D eigenvalue weighted by molar-refractivity contribution is -0.148. The normalized spacial score (nSPS) is 18.4. The third-order valence-electron chi connectivity index (χ3n) is 6.64. The summed E-state index contributed by atoms with van der Waals surface area (Å²) in [6.07, 6.45) is -1.49. The van der Waals surface area contributed by atoms with E-state index in [0.29, 0.717) is 37.2 Å². The molecule has 3 aromatic heterocycles. The van der Waals surface area contributed by atoms with Gasteiger partial charge in [0.15, 0.2) is 0 Å². The van der Waals surface area contributed by atoms with E-state index in [1.165, 1.54) is 16.2 Å². The minimum absolute atomic E-state index is 0.112. The number of aromatic nitrogens is 3. The Hall–Kier alpha value is -3.44. The van der Waals surface area contributed by atoms with Gasteiger partial charge in [-0.1, -0.05) is 18.2 Å². The summed E-state index contributed by atoms with van der Waals surface area (Å²) in [7, 11) is 0. The monoisotopic (exact) mass is 499 g/mol. The van der Waals surface area contributed by atoms with Crippen molar-refractivity contribution < 1.29 is 22.8 Å². The largest absolute Gasteiger partial charge is 0.401 e. The van der Waals surface area contributed by atoms with Crippen molar-refractivity contribution in [1.82, 2.24) is 25.0 Å². The molecule has 2 aliphatic heterocycles. The third-order valence-corrected chi connectivity index (χ3v) is 7.59. The molecular weight excluding hydrogens is 479 g/mol. The molecule has 1 saturated heterocycles. The first kappa shape index (κ1) is 22.1. The third kappa shape index (κ3) is 3.75. The molecule has 5 heterocycles. The Bertz CT molecular complexity index is 1500. The fourth-order valence-electron chi connectivity index (χ4n) is 5.10. The maximum atomic E-state index is 13.0. The van der Waals surface area contributed by atoms with Crippen LogP contribution < -0.4 is 5.32 Å². The Balaban J connectivity index is 1.44. The lowest BCUT2D eigenvalue weighted by Crippen LogP contribution is -2.40. The average Bonchev–Trinajstić information content (AvgIpc) is 3.56. The number of nitrogens with one attached hydrogen (secondary N) is 2. The van der Waals surface area contributed by atoms with Crippen LogP contribution in [0.1, 0.15) is 30.1 Å². The lowest BCUT2D eigenvalue weighted by atomic mass is 9.99. The van der Waals surface area contributed by atoms with E-state index in [1.54, 1.807) is 6.20 Å². The molecule has 0 atom stereocenters. The van der Waals surface area contributed by atoms with Gasteiger partial charge in [0.25, 0.3) is 11.8 Å². The first-order valence-electron chi connectivity index (χ1n) is 11.2. The number of amides is 2. The Labute approximate surface area is 201 Å². The number of likely N-dealkylation sites (tertiary alicyclic amines) is 1. The fraction of sp³-hybridized carbons (Fsp3) is 0.292. The number of para-hydroxylation sites is 1.